The van der Waals surface area contributed by atoms with Crippen molar-refractivity contribution in [3.05, 3.63) is 12.2 Å². The van der Waals surface area contributed by atoms with E-state index in [1.807, 2.05) is 0 Å². The van der Waals surface area contributed by atoms with Crippen LogP contribution in [-0.4, -0.2) is 32.1 Å². The van der Waals surface area contributed by atoms with Crippen molar-refractivity contribution in [3.8, 4) is 0 Å². The Kier molecular flexibility index (Phi) is 5.46. The van der Waals surface area contributed by atoms with Crippen molar-refractivity contribution in [2.24, 2.45) is 11.8 Å². The molecule has 0 saturated heterocycles. The lowest BCUT2D eigenvalue weighted by Crippen LogP contribution is -2.38. The van der Waals surface area contributed by atoms with Crippen LogP contribution in [0, 0.1) is 11.8 Å². The molecule has 110 valence electrons. The van der Waals surface area contributed by atoms with Crippen molar-refractivity contribution in [1.29, 1.82) is 0 Å². The van der Waals surface area contributed by atoms with Gasteiger partial charge in [-0.05, 0) is 43.9 Å². The van der Waals surface area contributed by atoms with Gasteiger partial charge in [-0.2, -0.15) is 0 Å². The zero-order valence-corrected chi connectivity index (χ0v) is 12.9. The second-order valence-electron chi connectivity index (χ2n) is 6.20. The molecule has 1 atom stereocenters. The fourth-order valence-electron chi connectivity index (χ4n) is 3.30. The van der Waals surface area contributed by atoms with E-state index in [-0.39, 0.29) is 0 Å². The monoisotopic (exact) mass is 285 g/mol. The van der Waals surface area contributed by atoms with Crippen LogP contribution in [0.3, 0.4) is 0 Å². The lowest BCUT2D eigenvalue weighted by molar-refractivity contribution is 0.262. The van der Waals surface area contributed by atoms with E-state index in [9.17, 15) is 8.42 Å². The minimum atomic E-state index is -3.06. The van der Waals surface area contributed by atoms with Crippen molar-refractivity contribution in [3.63, 3.8) is 0 Å². The SMILES string of the molecule is CS(=O)(=O)N(CC1C=CCCC1)CC1CCCCC1. The van der Waals surface area contributed by atoms with Gasteiger partial charge in [-0.1, -0.05) is 31.4 Å². The highest BCUT2D eigenvalue weighted by Crippen LogP contribution is 2.26. The molecule has 2 rings (SSSR count). The Bertz CT molecular complexity index is 396. The molecule has 3 nitrogen and oxygen atoms in total. The molecule has 0 aromatic carbocycles. The first kappa shape index (κ1) is 15.0. The van der Waals surface area contributed by atoms with Gasteiger partial charge in [0.05, 0.1) is 6.26 Å². The molecule has 0 aliphatic heterocycles. The predicted octanol–water partition coefficient (Wildman–Crippen LogP) is 3.18. The summed E-state index contributed by atoms with van der Waals surface area (Å²) in [7, 11) is -3.06. The molecule has 1 saturated carbocycles. The number of nitrogens with zero attached hydrogens (tertiary/aromatic N) is 1. The quantitative estimate of drug-likeness (QED) is 0.728. The Morgan fingerprint density at radius 3 is 2.37 bits per heavy atom. The summed E-state index contributed by atoms with van der Waals surface area (Å²) in [6.45, 7) is 1.43. The number of hydrogen-bond donors (Lipinski definition) is 0. The largest absolute Gasteiger partial charge is 0.213 e. The van der Waals surface area contributed by atoms with E-state index < -0.39 is 10.0 Å². The van der Waals surface area contributed by atoms with Crippen LogP contribution in [0.1, 0.15) is 51.4 Å². The highest BCUT2D eigenvalue weighted by molar-refractivity contribution is 7.88. The van der Waals surface area contributed by atoms with Crippen LogP contribution in [0.5, 0.6) is 0 Å². The van der Waals surface area contributed by atoms with E-state index >= 15 is 0 Å². The number of sulfonamides is 1. The molecule has 0 spiro atoms. The van der Waals surface area contributed by atoms with Crippen LogP contribution >= 0.6 is 0 Å². The van der Waals surface area contributed by atoms with Gasteiger partial charge in [-0.25, -0.2) is 12.7 Å². The molecule has 0 aromatic rings. The Balaban J connectivity index is 1.95. The Hall–Kier alpha value is -0.350. The van der Waals surface area contributed by atoms with Crippen LogP contribution in [0.4, 0.5) is 0 Å². The molecule has 0 amide bonds. The van der Waals surface area contributed by atoms with Crippen molar-refractivity contribution in [2.45, 2.75) is 51.4 Å². The molecule has 1 fully saturated rings. The standard InChI is InChI=1S/C15H27NO2S/c1-19(17,18)16(12-14-8-4-2-5-9-14)13-15-10-6-3-7-11-15/h4,8,14-15H,2-3,5-7,9-13H2,1H3. The number of allylic oxidation sites excluding steroid dienone is 1. The summed E-state index contributed by atoms with van der Waals surface area (Å²) in [5.41, 5.74) is 0. The molecule has 4 heteroatoms. The van der Waals surface area contributed by atoms with Gasteiger partial charge in [-0.15, -0.1) is 0 Å². The topological polar surface area (TPSA) is 37.4 Å². The second kappa shape index (κ2) is 6.89. The fraction of sp³-hybridized carbons (Fsp3) is 0.867. The van der Waals surface area contributed by atoms with Gasteiger partial charge in [0.1, 0.15) is 0 Å². The van der Waals surface area contributed by atoms with E-state index in [2.05, 4.69) is 12.2 Å². The molecular formula is C15H27NO2S. The summed E-state index contributed by atoms with van der Waals surface area (Å²) in [6, 6.07) is 0. The summed E-state index contributed by atoms with van der Waals surface area (Å²) in [5, 5.41) is 0. The summed E-state index contributed by atoms with van der Waals surface area (Å²) in [4.78, 5) is 0. The first-order chi connectivity index (χ1) is 9.05. The third-order valence-corrected chi connectivity index (χ3v) is 5.68. The van der Waals surface area contributed by atoms with Crippen LogP contribution in [0.25, 0.3) is 0 Å². The molecule has 0 bridgehead atoms. The molecule has 1 unspecified atom stereocenters. The molecule has 0 aromatic heterocycles. The summed E-state index contributed by atoms with van der Waals surface area (Å²) >= 11 is 0. The highest BCUT2D eigenvalue weighted by Gasteiger charge is 2.25. The molecule has 19 heavy (non-hydrogen) atoms. The van der Waals surface area contributed by atoms with Crippen LogP contribution in [0.2, 0.25) is 0 Å². The Labute approximate surface area is 118 Å². The van der Waals surface area contributed by atoms with Gasteiger partial charge in [0, 0.05) is 13.1 Å². The first-order valence-electron chi connectivity index (χ1n) is 7.67. The van der Waals surface area contributed by atoms with Crippen LogP contribution in [0.15, 0.2) is 12.2 Å². The smallest absolute Gasteiger partial charge is 0.211 e. The maximum absolute atomic E-state index is 12.0. The molecule has 2 aliphatic carbocycles. The maximum Gasteiger partial charge on any atom is 0.211 e. The van der Waals surface area contributed by atoms with E-state index in [4.69, 9.17) is 0 Å². The summed E-state index contributed by atoms with van der Waals surface area (Å²) in [5.74, 6) is 1.00. The van der Waals surface area contributed by atoms with Crippen molar-refractivity contribution < 1.29 is 8.42 Å². The Morgan fingerprint density at radius 1 is 1.05 bits per heavy atom. The lowest BCUT2D eigenvalue weighted by Gasteiger charge is -2.30. The number of rotatable bonds is 5. The first-order valence-corrected chi connectivity index (χ1v) is 9.52. The maximum atomic E-state index is 12.0. The summed E-state index contributed by atoms with van der Waals surface area (Å²) in [6.07, 6.45) is 15.5. The van der Waals surface area contributed by atoms with Gasteiger partial charge >= 0.3 is 0 Å². The molecule has 0 radical (unpaired) electrons. The van der Waals surface area contributed by atoms with Crippen LogP contribution in [-0.2, 0) is 10.0 Å². The molecular weight excluding hydrogens is 258 g/mol. The van der Waals surface area contributed by atoms with Gasteiger partial charge in [0.15, 0.2) is 0 Å². The molecule has 0 heterocycles. The average Bonchev–Trinajstić information content (AvgIpc) is 2.39. The van der Waals surface area contributed by atoms with Gasteiger partial charge < -0.3 is 0 Å². The van der Waals surface area contributed by atoms with Crippen molar-refractivity contribution >= 4 is 10.0 Å². The van der Waals surface area contributed by atoms with Gasteiger partial charge in [0.2, 0.25) is 10.0 Å². The minimum absolute atomic E-state index is 0.423. The number of hydrogen-bond acceptors (Lipinski definition) is 2. The zero-order chi connectivity index (χ0) is 13.7. The third-order valence-electron chi connectivity index (χ3n) is 4.45. The van der Waals surface area contributed by atoms with E-state index in [1.165, 1.54) is 44.8 Å². The average molecular weight is 285 g/mol. The molecule has 0 N–H and O–H groups in total. The van der Waals surface area contributed by atoms with Crippen LogP contribution < -0.4 is 0 Å². The van der Waals surface area contributed by atoms with E-state index in [1.54, 1.807) is 4.31 Å². The zero-order valence-electron chi connectivity index (χ0n) is 12.1. The van der Waals surface area contributed by atoms with Gasteiger partial charge in [0.25, 0.3) is 0 Å². The Morgan fingerprint density at radius 2 is 1.79 bits per heavy atom. The third kappa shape index (κ3) is 4.92. The fourth-order valence-corrected chi connectivity index (χ4v) is 4.24. The van der Waals surface area contributed by atoms with Gasteiger partial charge in [-0.3, -0.25) is 0 Å². The second-order valence-corrected chi connectivity index (χ2v) is 8.19. The predicted molar refractivity (Wildman–Crippen MR) is 79.5 cm³/mol. The minimum Gasteiger partial charge on any atom is -0.213 e. The van der Waals surface area contributed by atoms with Crippen molar-refractivity contribution in [1.82, 2.24) is 4.31 Å². The summed E-state index contributed by atoms with van der Waals surface area (Å²) < 4.78 is 25.7. The lowest BCUT2D eigenvalue weighted by atomic mass is 9.89. The van der Waals surface area contributed by atoms with E-state index in [0.29, 0.717) is 18.4 Å². The van der Waals surface area contributed by atoms with Crippen molar-refractivity contribution in [2.75, 3.05) is 19.3 Å². The highest BCUT2D eigenvalue weighted by atomic mass is 32.2. The normalized spacial score (nSPS) is 25.9. The van der Waals surface area contributed by atoms with E-state index in [0.717, 1.165) is 19.4 Å². The molecule has 2 aliphatic rings.